The van der Waals surface area contributed by atoms with Crippen LogP contribution in [0.1, 0.15) is 17.5 Å². The quantitative estimate of drug-likeness (QED) is 0.388. The van der Waals surface area contributed by atoms with Crippen molar-refractivity contribution in [3.05, 3.63) is 83.9 Å². The average Bonchev–Trinajstić information content (AvgIpc) is 2.79. The molecule has 2 aromatic carbocycles. The predicted octanol–water partition coefficient (Wildman–Crippen LogP) is 3.26. The predicted molar refractivity (Wildman–Crippen MR) is 124 cm³/mol. The van der Waals surface area contributed by atoms with E-state index in [0.29, 0.717) is 18.7 Å². The molecule has 3 atom stereocenters. The van der Waals surface area contributed by atoms with Gasteiger partial charge in [-0.05, 0) is 36.5 Å². The maximum Gasteiger partial charge on any atom is 0.404 e. The molecule has 3 aromatic rings. The summed E-state index contributed by atoms with van der Waals surface area (Å²) >= 11 is 0. The van der Waals surface area contributed by atoms with Gasteiger partial charge >= 0.3 is 6.09 Å². The molecule has 0 bridgehead atoms. The highest BCUT2D eigenvalue weighted by Gasteiger charge is 2.24. The zero-order valence-corrected chi connectivity index (χ0v) is 18.0. The molecule has 0 radical (unpaired) electrons. The Morgan fingerprint density at radius 1 is 1.00 bits per heavy atom. The monoisotopic (exact) mass is 435 g/mol. The summed E-state index contributed by atoms with van der Waals surface area (Å²) in [6.07, 6.45) is -0.851. The fraction of sp³-hybridized carbons (Fsp3) is 0.280. The van der Waals surface area contributed by atoms with Crippen LogP contribution in [0.2, 0.25) is 0 Å². The van der Waals surface area contributed by atoms with Crippen molar-refractivity contribution in [1.29, 1.82) is 0 Å². The van der Waals surface area contributed by atoms with Crippen LogP contribution < -0.4 is 15.8 Å². The number of aliphatic hydroxyl groups is 1. The smallest absolute Gasteiger partial charge is 0.404 e. The van der Waals surface area contributed by atoms with E-state index in [0.717, 1.165) is 22.4 Å². The number of pyridine rings is 1. The van der Waals surface area contributed by atoms with Gasteiger partial charge in [-0.15, -0.1) is 0 Å². The zero-order chi connectivity index (χ0) is 22.9. The van der Waals surface area contributed by atoms with Crippen LogP contribution in [0.3, 0.4) is 0 Å². The van der Waals surface area contributed by atoms with Crippen molar-refractivity contribution in [3.8, 4) is 17.1 Å². The van der Waals surface area contributed by atoms with Crippen LogP contribution in [-0.4, -0.2) is 46.6 Å². The number of aromatic nitrogens is 1. The largest absolute Gasteiger partial charge is 0.481 e. The van der Waals surface area contributed by atoms with Gasteiger partial charge in [-0.1, -0.05) is 60.7 Å². The Bertz CT molecular complexity index is 996. The summed E-state index contributed by atoms with van der Waals surface area (Å²) in [4.78, 5) is 15.7. The third-order valence-electron chi connectivity index (χ3n) is 5.30. The summed E-state index contributed by atoms with van der Waals surface area (Å²) in [6.45, 7) is 0. The van der Waals surface area contributed by atoms with Crippen molar-refractivity contribution in [2.75, 3.05) is 7.11 Å². The molecule has 0 saturated carbocycles. The molecule has 5 N–H and O–H groups in total. The minimum absolute atomic E-state index is 0.283. The van der Waals surface area contributed by atoms with Gasteiger partial charge in [0.1, 0.15) is 0 Å². The first kappa shape index (κ1) is 23.2. The van der Waals surface area contributed by atoms with E-state index in [-0.39, 0.29) is 12.5 Å². The standard InChI is InChI=1S/C25H29N3O4/c1-32-24-9-5-8-21(27-24)19-12-10-18(11-13-19)15-22(28-25(30)31)23(29)16-20(26)14-17-6-3-2-4-7-17/h2-13,20,22-23,28-29H,14-16,26H2,1H3,(H,30,31)/t20-,22-,23-/m0/s1. The van der Waals surface area contributed by atoms with Gasteiger partial charge in [-0.2, -0.15) is 0 Å². The number of ether oxygens (including phenoxy) is 1. The molecule has 0 unspecified atom stereocenters. The van der Waals surface area contributed by atoms with Gasteiger partial charge in [0.2, 0.25) is 5.88 Å². The summed E-state index contributed by atoms with van der Waals surface area (Å²) in [6, 6.07) is 22.0. The van der Waals surface area contributed by atoms with E-state index < -0.39 is 18.2 Å². The lowest BCUT2D eigenvalue weighted by Crippen LogP contribution is -2.46. The molecule has 1 amide bonds. The number of hydrogen-bond donors (Lipinski definition) is 4. The van der Waals surface area contributed by atoms with Crippen LogP contribution in [0, 0.1) is 0 Å². The maximum atomic E-state index is 11.3. The molecule has 3 rings (SSSR count). The highest BCUT2D eigenvalue weighted by atomic mass is 16.5. The molecule has 0 aliphatic heterocycles. The fourth-order valence-electron chi connectivity index (χ4n) is 3.67. The van der Waals surface area contributed by atoms with E-state index in [1.54, 1.807) is 13.2 Å². The van der Waals surface area contributed by atoms with Crippen LogP contribution >= 0.6 is 0 Å². The molecule has 0 spiro atoms. The van der Waals surface area contributed by atoms with Crippen molar-refractivity contribution in [3.63, 3.8) is 0 Å². The molecular weight excluding hydrogens is 406 g/mol. The second-order valence-corrected chi connectivity index (χ2v) is 7.78. The molecule has 32 heavy (non-hydrogen) atoms. The Morgan fingerprint density at radius 2 is 1.69 bits per heavy atom. The van der Waals surface area contributed by atoms with E-state index in [9.17, 15) is 15.0 Å². The molecule has 0 fully saturated rings. The van der Waals surface area contributed by atoms with Crippen LogP contribution in [-0.2, 0) is 12.8 Å². The first-order valence-electron chi connectivity index (χ1n) is 10.5. The van der Waals surface area contributed by atoms with Crippen molar-refractivity contribution in [2.24, 2.45) is 5.73 Å². The number of hydrogen-bond acceptors (Lipinski definition) is 5. The van der Waals surface area contributed by atoms with Gasteiger partial charge in [0, 0.05) is 17.7 Å². The molecule has 0 saturated heterocycles. The van der Waals surface area contributed by atoms with E-state index in [1.807, 2.05) is 66.7 Å². The Morgan fingerprint density at radius 3 is 2.34 bits per heavy atom. The van der Waals surface area contributed by atoms with Gasteiger partial charge < -0.3 is 26.0 Å². The van der Waals surface area contributed by atoms with Crippen LogP contribution in [0.15, 0.2) is 72.8 Å². The molecule has 7 heteroatoms. The average molecular weight is 436 g/mol. The lowest BCUT2D eigenvalue weighted by molar-refractivity contribution is 0.105. The molecule has 168 valence electrons. The maximum absolute atomic E-state index is 11.3. The normalized spacial score (nSPS) is 13.7. The van der Waals surface area contributed by atoms with Gasteiger partial charge in [-0.3, -0.25) is 0 Å². The number of nitrogens with two attached hydrogens (primary N) is 1. The van der Waals surface area contributed by atoms with Crippen molar-refractivity contribution in [2.45, 2.75) is 37.5 Å². The number of amides is 1. The molecule has 1 heterocycles. The summed E-state index contributed by atoms with van der Waals surface area (Å²) in [5, 5.41) is 22.4. The number of carboxylic acid groups (broad SMARTS) is 1. The second kappa shape index (κ2) is 11.3. The third-order valence-corrected chi connectivity index (χ3v) is 5.30. The molecule has 1 aromatic heterocycles. The van der Waals surface area contributed by atoms with Gasteiger partial charge in [-0.25, -0.2) is 9.78 Å². The first-order valence-corrected chi connectivity index (χ1v) is 10.5. The number of nitrogens with one attached hydrogen (secondary N) is 1. The number of rotatable bonds is 10. The van der Waals surface area contributed by atoms with Crippen molar-refractivity contribution >= 4 is 6.09 Å². The Hall–Kier alpha value is -3.42. The van der Waals surface area contributed by atoms with Gasteiger partial charge in [0.15, 0.2) is 0 Å². The first-order chi connectivity index (χ1) is 15.4. The van der Waals surface area contributed by atoms with Gasteiger partial charge in [0.25, 0.3) is 0 Å². The third kappa shape index (κ3) is 6.80. The van der Waals surface area contributed by atoms with E-state index >= 15 is 0 Å². The Labute approximate surface area is 187 Å². The van der Waals surface area contributed by atoms with Crippen LogP contribution in [0.25, 0.3) is 11.3 Å². The lowest BCUT2D eigenvalue weighted by atomic mass is 9.94. The molecular formula is C25H29N3O4. The summed E-state index contributed by atoms with van der Waals surface area (Å²) in [7, 11) is 1.57. The highest BCUT2D eigenvalue weighted by Crippen LogP contribution is 2.21. The lowest BCUT2D eigenvalue weighted by Gasteiger charge is -2.25. The summed E-state index contributed by atoms with van der Waals surface area (Å²) < 4.78 is 5.17. The van der Waals surface area contributed by atoms with E-state index in [2.05, 4.69) is 10.3 Å². The van der Waals surface area contributed by atoms with Crippen LogP contribution in [0.4, 0.5) is 4.79 Å². The minimum Gasteiger partial charge on any atom is -0.481 e. The van der Waals surface area contributed by atoms with Crippen LogP contribution in [0.5, 0.6) is 5.88 Å². The van der Waals surface area contributed by atoms with Crippen molar-refractivity contribution < 1.29 is 19.7 Å². The minimum atomic E-state index is -1.18. The van der Waals surface area contributed by atoms with E-state index in [1.165, 1.54) is 0 Å². The fourth-order valence-corrected chi connectivity index (χ4v) is 3.67. The number of carbonyl (C=O) groups is 1. The Kier molecular flexibility index (Phi) is 8.19. The Balaban J connectivity index is 1.65. The number of aliphatic hydroxyl groups excluding tert-OH is 1. The number of benzene rings is 2. The number of methoxy groups -OCH3 is 1. The summed E-state index contributed by atoms with van der Waals surface area (Å²) in [5.41, 5.74) is 9.90. The van der Waals surface area contributed by atoms with Crippen molar-refractivity contribution in [1.82, 2.24) is 10.3 Å². The highest BCUT2D eigenvalue weighted by molar-refractivity contribution is 5.65. The topological polar surface area (TPSA) is 118 Å². The summed E-state index contributed by atoms with van der Waals surface area (Å²) in [5.74, 6) is 0.535. The number of nitrogens with zero attached hydrogens (tertiary/aromatic N) is 1. The van der Waals surface area contributed by atoms with E-state index in [4.69, 9.17) is 10.5 Å². The molecule has 0 aliphatic rings. The molecule has 7 nitrogen and oxygen atoms in total. The second-order valence-electron chi connectivity index (χ2n) is 7.78. The SMILES string of the molecule is COc1cccc(-c2ccc(C[C@H](NC(=O)O)[C@@H](O)C[C@@H](N)Cc3ccccc3)cc2)n1. The van der Waals surface area contributed by atoms with Gasteiger partial charge in [0.05, 0.1) is 24.9 Å². The zero-order valence-electron chi connectivity index (χ0n) is 18.0. The molecule has 0 aliphatic carbocycles.